The fourth-order valence-electron chi connectivity index (χ4n) is 3.01. The van der Waals surface area contributed by atoms with Crippen LogP contribution in [0.2, 0.25) is 0 Å². The first kappa shape index (κ1) is 12.5. The van der Waals surface area contributed by atoms with Crippen molar-refractivity contribution in [1.29, 1.82) is 0 Å². The van der Waals surface area contributed by atoms with Gasteiger partial charge < -0.3 is 10.2 Å². The van der Waals surface area contributed by atoms with E-state index in [1.54, 1.807) is 0 Å². The molecule has 5 nitrogen and oxygen atoms in total. The fraction of sp³-hybridized carbons (Fsp3) is 0.714. The van der Waals surface area contributed by atoms with Crippen LogP contribution in [0.25, 0.3) is 0 Å². The number of nitrogens with zero attached hydrogens (tertiary/aromatic N) is 2. The Hall–Kier alpha value is -1.52. The minimum Gasteiger partial charge on any atom is -0.330 e. The lowest BCUT2D eigenvalue weighted by atomic mass is 9.85. The summed E-state index contributed by atoms with van der Waals surface area (Å²) in [5, 5.41) is 10.2. The number of fused-ring (bicyclic) bond motifs is 1. The molecule has 19 heavy (non-hydrogen) atoms. The van der Waals surface area contributed by atoms with Crippen LogP contribution in [0, 0.1) is 5.92 Å². The first-order chi connectivity index (χ1) is 9.24. The Balaban J connectivity index is 1.57. The molecule has 2 aliphatic rings. The summed E-state index contributed by atoms with van der Waals surface area (Å²) in [4.78, 5) is 14.0. The Morgan fingerprint density at radius 3 is 3.05 bits per heavy atom. The molecular weight excluding hydrogens is 240 g/mol. The van der Waals surface area contributed by atoms with Crippen molar-refractivity contribution in [2.45, 2.75) is 44.6 Å². The van der Waals surface area contributed by atoms with Crippen LogP contribution in [0.4, 0.5) is 4.79 Å². The maximum atomic E-state index is 12.2. The minimum atomic E-state index is 0.0411. The van der Waals surface area contributed by atoms with Gasteiger partial charge in [-0.05, 0) is 43.6 Å². The summed E-state index contributed by atoms with van der Waals surface area (Å²) in [5.41, 5.74) is 2.34. The molecule has 0 aromatic carbocycles. The maximum absolute atomic E-state index is 12.2. The van der Waals surface area contributed by atoms with E-state index in [1.165, 1.54) is 24.8 Å². The van der Waals surface area contributed by atoms with Crippen LogP contribution in [-0.2, 0) is 6.42 Å². The summed E-state index contributed by atoms with van der Waals surface area (Å²) >= 11 is 0. The van der Waals surface area contributed by atoms with E-state index in [9.17, 15) is 4.79 Å². The molecule has 1 aromatic heterocycles. The lowest BCUT2D eigenvalue weighted by molar-refractivity contribution is 0.178. The summed E-state index contributed by atoms with van der Waals surface area (Å²) in [5.74, 6) is 0.713. The summed E-state index contributed by atoms with van der Waals surface area (Å²) in [7, 11) is 1.89. The van der Waals surface area contributed by atoms with Gasteiger partial charge in [-0.25, -0.2) is 4.79 Å². The highest BCUT2D eigenvalue weighted by Crippen LogP contribution is 2.29. The Kier molecular flexibility index (Phi) is 3.44. The minimum absolute atomic E-state index is 0.0411. The number of rotatable bonds is 3. The van der Waals surface area contributed by atoms with Crippen LogP contribution in [0.1, 0.15) is 49.4 Å². The van der Waals surface area contributed by atoms with Gasteiger partial charge in [0, 0.05) is 13.6 Å². The molecule has 0 aliphatic heterocycles. The van der Waals surface area contributed by atoms with Crippen molar-refractivity contribution in [2.24, 2.45) is 5.92 Å². The Labute approximate surface area is 113 Å². The van der Waals surface area contributed by atoms with Crippen LogP contribution in [0.3, 0.4) is 0 Å². The lowest BCUT2D eigenvalue weighted by Gasteiger charge is -2.31. The predicted molar refractivity (Wildman–Crippen MR) is 72.8 cm³/mol. The van der Waals surface area contributed by atoms with Gasteiger partial charge in [0.1, 0.15) is 0 Å². The number of aromatic amines is 1. The highest BCUT2D eigenvalue weighted by atomic mass is 16.2. The number of amides is 2. The zero-order valence-electron chi connectivity index (χ0n) is 11.5. The molecule has 1 fully saturated rings. The van der Waals surface area contributed by atoms with Gasteiger partial charge in [0.15, 0.2) is 0 Å². The second kappa shape index (κ2) is 5.23. The van der Waals surface area contributed by atoms with E-state index in [0.717, 1.165) is 31.5 Å². The number of urea groups is 1. The molecular formula is C14H22N4O. The van der Waals surface area contributed by atoms with E-state index in [0.29, 0.717) is 5.92 Å². The van der Waals surface area contributed by atoms with Gasteiger partial charge in [-0.3, -0.25) is 5.10 Å². The van der Waals surface area contributed by atoms with E-state index in [1.807, 2.05) is 18.1 Å². The lowest BCUT2D eigenvalue weighted by Crippen LogP contribution is -2.43. The van der Waals surface area contributed by atoms with Crippen molar-refractivity contribution < 1.29 is 4.79 Å². The molecule has 5 heteroatoms. The molecule has 1 saturated carbocycles. The van der Waals surface area contributed by atoms with Crippen LogP contribution in [0.5, 0.6) is 0 Å². The van der Waals surface area contributed by atoms with Crippen LogP contribution >= 0.6 is 0 Å². The number of carbonyl (C=O) groups excluding carboxylic acids is 1. The third kappa shape index (κ3) is 2.60. The third-order valence-corrected chi connectivity index (χ3v) is 4.44. The number of H-pyrrole nitrogens is 1. The molecule has 1 atom stereocenters. The van der Waals surface area contributed by atoms with Crippen molar-refractivity contribution >= 4 is 6.03 Å². The first-order valence-electron chi connectivity index (χ1n) is 7.28. The monoisotopic (exact) mass is 262 g/mol. The normalized spacial score (nSPS) is 22.5. The Bertz CT molecular complexity index is 452. The van der Waals surface area contributed by atoms with Gasteiger partial charge in [0.2, 0.25) is 0 Å². The molecule has 2 amide bonds. The average molecular weight is 262 g/mol. The van der Waals surface area contributed by atoms with Crippen molar-refractivity contribution in [2.75, 3.05) is 13.6 Å². The largest absolute Gasteiger partial charge is 0.330 e. The van der Waals surface area contributed by atoms with E-state index in [-0.39, 0.29) is 12.1 Å². The number of hydrogen-bond acceptors (Lipinski definition) is 2. The van der Waals surface area contributed by atoms with Gasteiger partial charge >= 0.3 is 6.03 Å². The quantitative estimate of drug-likeness (QED) is 0.877. The van der Waals surface area contributed by atoms with Gasteiger partial charge in [0.25, 0.3) is 0 Å². The highest BCUT2D eigenvalue weighted by Gasteiger charge is 2.26. The molecule has 3 rings (SSSR count). The van der Waals surface area contributed by atoms with Gasteiger partial charge in [-0.1, -0.05) is 6.42 Å². The third-order valence-electron chi connectivity index (χ3n) is 4.44. The molecule has 0 saturated heterocycles. The first-order valence-corrected chi connectivity index (χ1v) is 7.28. The SMILES string of the molecule is CN(CC1CCC1)C(=O)NC1CCCc2cn[nH]c21. The van der Waals surface area contributed by atoms with Gasteiger partial charge in [-0.2, -0.15) is 5.10 Å². The van der Waals surface area contributed by atoms with E-state index in [2.05, 4.69) is 15.5 Å². The number of carbonyl (C=O) groups is 1. The van der Waals surface area contributed by atoms with Crippen LogP contribution in [-0.4, -0.2) is 34.7 Å². The van der Waals surface area contributed by atoms with Gasteiger partial charge in [-0.15, -0.1) is 0 Å². The molecule has 1 unspecified atom stereocenters. The average Bonchev–Trinajstić information content (AvgIpc) is 2.82. The molecule has 1 aromatic rings. The van der Waals surface area contributed by atoms with Crippen molar-refractivity contribution in [3.8, 4) is 0 Å². The molecule has 1 heterocycles. The standard InChI is InChI=1S/C14H22N4O/c1-18(9-10-4-2-5-10)14(19)16-12-7-3-6-11-8-15-17-13(11)12/h8,10,12H,2-7,9H2,1H3,(H,15,17)(H,16,19). The molecule has 0 spiro atoms. The number of aryl methyl sites for hydroxylation is 1. The molecule has 2 N–H and O–H groups in total. The van der Waals surface area contributed by atoms with Crippen molar-refractivity contribution in [3.05, 3.63) is 17.5 Å². The molecule has 0 bridgehead atoms. The van der Waals surface area contributed by atoms with Crippen LogP contribution in [0.15, 0.2) is 6.20 Å². The summed E-state index contributed by atoms with van der Waals surface area (Å²) in [6.07, 6.45) is 8.92. The second-order valence-corrected chi connectivity index (χ2v) is 5.88. The topological polar surface area (TPSA) is 61.0 Å². The summed E-state index contributed by atoms with van der Waals surface area (Å²) < 4.78 is 0. The smallest absolute Gasteiger partial charge is 0.317 e. The van der Waals surface area contributed by atoms with Crippen molar-refractivity contribution in [1.82, 2.24) is 20.4 Å². The summed E-state index contributed by atoms with van der Waals surface area (Å²) in [6, 6.07) is 0.141. The van der Waals surface area contributed by atoms with E-state index < -0.39 is 0 Å². The highest BCUT2D eigenvalue weighted by molar-refractivity contribution is 5.74. The Morgan fingerprint density at radius 2 is 2.32 bits per heavy atom. The van der Waals surface area contributed by atoms with E-state index in [4.69, 9.17) is 0 Å². The zero-order valence-corrected chi connectivity index (χ0v) is 11.5. The number of nitrogens with one attached hydrogen (secondary N) is 2. The van der Waals surface area contributed by atoms with Crippen molar-refractivity contribution in [3.63, 3.8) is 0 Å². The Morgan fingerprint density at radius 1 is 1.47 bits per heavy atom. The predicted octanol–water partition coefficient (Wildman–Crippen LogP) is 2.23. The maximum Gasteiger partial charge on any atom is 0.317 e. The zero-order chi connectivity index (χ0) is 13.2. The molecule has 104 valence electrons. The van der Waals surface area contributed by atoms with Gasteiger partial charge in [0.05, 0.1) is 17.9 Å². The number of hydrogen-bond donors (Lipinski definition) is 2. The second-order valence-electron chi connectivity index (χ2n) is 5.88. The molecule has 2 aliphatic carbocycles. The fourth-order valence-corrected chi connectivity index (χ4v) is 3.01. The van der Waals surface area contributed by atoms with E-state index >= 15 is 0 Å². The van der Waals surface area contributed by atoms with Crippen LogP contribution < -0.4 is 5.32 Å². The number of aromatic nitrogens is 2. The summed E-state index contributed by atoms with van der Waals surface area (Å²) in [6.45, 7) is 0.883. The molecule has 0 radical (unpaired) electrons.